The Labute approximate surface area is 79.7 Å². The topological polar surface area (TPSA) is 50.8 Å². The van der Waals surface area contributed by atoms with Gasteiger partial charge < -0.3 is 4.74 Å². The van der Waals surface area contributed by atoms with Crippen LogP contribution in [0.4, 0.5) is 0 Å². The van der Waals surface area contributed by atoms with Crippen LogP contribution < -0.4 is 0 Å². The molecule has 1 N–H and O–H groups in total. The van der Waals surface area contributed by atoms with Gasteiger partial charge in [-0.1, -0.05) is 24.9 Å². The van der Waals surface area contributed by atoms with Gasteiger partial charge in [0.15, 0.2) is 0 Å². The van der Waals surface area contributed by atoms with E-state index < -0.39 is 8.07 Å². The zero-order valence-electron chi connectivity index (χ0n) is 8.50. The molecular weight excluding hydrogens is 182 g/mol. The normalized spacial score (nSPS) is 11.9. The molecule has 0 spiro atoms. The van der Waals surface area contributed by atoms with Crippen LogP contribution in [0.3, 0.4) is 0 Å². The number of aromatic amines is 1. The lowest BCUT2D eigenvalue weighted by Crippen LogP contribution is -2.21. The molecule has 1 rings (SSSR count). The van der Waals surface area contributed by atoms with E-state index in [1.54, 1.807) is 6.20 Å². The average molecular weight is 199 g/mol. The molecule has 5 heteroatoms. The summed E-state index contributed by atoms with van der Waals surface area (Å²) in [6.45, 7) is 8.43. The van der Waals surface area contributed by atoms with Crippen LogP contribution in [0, 0.1) is 0 Å². The molecular formula is C8H17N3OSi. The van der Waals surface area contributed by atoms with Gasteiger partial charge in [-0.2, -0.15) is 0 Å². The molecule has 0 aliphatic heterocycles. The lowest BCUT2D eigenvalue weighted by Gasteiger charge is -2.14. The van der Waals surface area contributed by atoms with Crippen LogP contribution in [0.25, 0.3) is 0 Å². The van der Waals surface area contributed by atoms with E-state index in [1.165, 1.54) is 6.04 Å². The first-order valence-corrected chi connectivity index (χ1v) is 8.22. The number of hydrogen-bond acceptors (Lipinski definition) is 3. The van der Waals surface area contributed by atoms with Crippen LogP contribution in [0.2, 0.25) is 25.7 Å². The molecule has 1 aromatic rings. The van der Waals surface area contributed by atoms with Crippen molar-refractivity contribution >= 4 is 8.07 Å². The van der Waals surface area contributed by atoms with E-state index in [4.69, 9.17) is 4.74 Å². The SMILES string of the molecule is C[Si](C)(C)CCOCc1c[nH]nn1. The van der Waals surface area contributed by atoms with Crippen molar-refractivity contribution in [3.63, 3.8) is 0 Å². The van der Waals surface area contributed by atoms with Gasteiger partial charge in [-0.05, 0) is 6.04 Å². The van der Waals surface area contributed by atoms with Gasteiger partial charge in [0.05, 0.1) is 6.61 Å². The van der Waals surface area contributed by atoms with Crippen molar-refractivity contribution in [2.24, 2.45) is 0 Å². The van der Waals surface area contributed by atoms with Crippen LogP contribution in [0.5, 0.6) is 0 Å². The molecule has 0 aromatic carbocycles. The summed E-state index contributed by atoms with van der Waals surface area (Å²) < 4.78 is 5.47. The Bertz CT molecular complexity index is 230. The fraction of sp³-hybridized carbons (Fsp3) is 0.750. The molecule has 13 heavy (non-hydrogen) atoms. The summed E-state index contributed by atoms with van der Waals surface area (Å²) in [4.78, 5) is 0. The second-order valence-corrected chi connectivity index (χ2v) is 9.95. The van der Waals surface area contributed by atoms with Crippen molar-refractivity contribution in [3.05, 3.63) is 11.9 Å². The molecule has 1 aromatic heterocycles. The molecule has 0 unspecified atom stereocenters. The van der Waals surface area contributed by atoms with Crippen molar-refractivity contribution in [1.82, 2.24) is 15.4 Å². The first-order valence-electron chi connectivity index (χ1n) is 4.51. The Balaban J connectivity index is 2.09. The second-order valence-electron chi connectivity index (χ2n) is 4.33. The monoisotopic (exact) mass is 199 g/mol. The van der Waals surface area contributed by atoms with E-state index in [2.05, 4.69) is 35.1 Å². The second kappa shape index (κ2) is 4.52. The van der Waals surface area contributed by atoms with Crippen LogP contribution in [-0.4, -0.2) is 30.1 Å². The highest BCUT2D eigenvalue weighted by molar-refractivity contribution is 6.76. The minimum absolute atomic E-state index is 0.570. The zero-order chi connectivity index (χ0) is 9.73. The predicted octanol–water partition coefficient (Wildman–Crippen LogP) is 1.66. The number of ether oxygens (including phenoxy) is 1. The van der Waals surface area contributed by atoms with Crippen LogP contribution in [0.15, 0.2) is 6.20 Å². The van der Waals surface area contributed by atoms with Crippen LogP contribution >= 0.6 is 0 Å². The Morgan fingerprint density at radius 2 is 2.23 bits per heavy atom. The highest BCUT2D eigenvalue weighted by Crippen LogP contribution is 2.08. The smallest absolute Gasteiger partial charge is 0.108 e. The van der Waals surface area contributed by atoms with E-state index in [1.807, 2.05) is 0 Å². The van der Waals surface area contributed by atoms with Gasteiger partial charge >= 0.3 is 0 Å². The maximum Gasteiger partial charge on any atom is 0.108 e. The maximum absolute atomic E-state index is 5.47. The number of rotatable bonds is 5. The van der Waals surface area contributed by atoms with E-state index in [9.17, 15) is 0 Å². The fourth-order valence-corrected chi connectivity index (χ4v) is 1.61. The van der Waals surface area contributed by atoms with E-state index >= 15 is 0 Å². The van der Waals surface area contributed by atoms with Crippen molar-refractivity contribution in [2.75, 3.05) is 6.61 Å². The Hall–Kier alpha value is -0.683. The van der Waals surface area contributed by atoms with Crippen molar-refractivity contribution in [3.8, 4) is 0 Å². The third-order valence-electron chi connectivity index (χ3n) is 1.71. The van der Waals surface area contributed by atoms with Crippen molar-refractivity contribution in [2.45, 2.75) is 32.3 Å². The van der Waals surface area contributed by atoms with Gasteiger partial charge in [-0.3, -0.25) is 5.10 Å². The molecule has 0 bridgehead atoms. The largest absolute Gasteiger partial charge is 0.375 e. The predicted molar refractivity (Wildman–Crippen MR) is 54.2 cm³/mol. The highest BCUT2D eigenvalue weighted by Gasteiger charge is 2.11. The van der Waals surface area contributed by atoms with Gasteiger partial charge in [0.25, 0.3) is 0 Å². The number of nitrogens with one attached hydrogen (secondary N) is 1. The Kier molecular flexibility index (Phi) is 3.62. The lowest BCUT2D eigenvalue weighted by atomic mass is 10.5. The summed E-state index contributed by atoms with van der Waals surface area (Å²) in [5, 5.41) is 10.1. The maximum atomic E-state index is 5.47. The highest BCUT2D eigenvalue weighted by atomic mass is 28.3. The number of H-pyrrole nitrogens is 1. The van der Waals surface area contributed by atoms with Crippen molar-refractivity contribution in [1.29, 1.82) is 0 Å². The number of nitrogens with zero attached hydrogens (tertiary/aromatic N) is 2. The molecule has 0 fully saturated rings. The Morgan fingerprint density at radius 3 is 2.77 bits per heavy atom. The number of aromatic nitrogens is 3. The standard InChI is InChI=1S/C8H17N3OSi/c1-13(2,3)5-4-12-7-8-6-9-11-10-8/h6H,4-5,7H2,1-3H3,(H,9,10,11). The molecule has 0 aliphatic carbocycles. The van der Waals surface area contributed by atoms with Gasteiger partial charge in [-0.15, -0.1) is 5.10 Å². The molecule has 4 nitrogen and oxygen atoms in total. The lowest BCUT2D eigenvalue weighted by molar-refractivity contribution is 0.130. The summed E-state index contributed by atoms with van der Waals surface area (Å²) in [5.41, 5.74) is 0.871. The average Bonchev–Trinajstić information content (AvgIpc) is 2.48. The third kappa shape index (κ3) is 4.79. The molecule has 0 saturated heterocycles. The van der Waals surface area contributed by atoms with Gasteiger partial charge in [0, 0.05) is 20.9 Å². The molecule has 0 aliphatic rings. The number of hydrogen-bond donors (Lipinski definition) is 1. The minimum Gasteiger partial charge on any atom is -0.375 e. The summed E-state index contributed by atoms with van der Waals surface area (Å²) >= 11 is 0. The van der Waals surface area contributed by atoms with E-state index in [0.29, 0.717) is 6.61 Å². The first-order chi connectivity index (χ1) is 6.08. The Morgan fingerprint density at radius 1 is 1.46 bits per heavy atom. The van der Waals surface area contributed by atoms with E-state index in [-0.39, 0.29) is 0 Å². The summed E-state index contributed by atoms with van der Waals surface area (Å²) in [6, 6.07) is 1.20. The quantitative estimate of drug-likeness (QED) is 0.579. The molecule has 0 saturated carbocycles. The minimum atomic E-state index is -0.948. The molecule has 74 valence electrons. The first kappa shape index (κ1) is 10.4. The molecule has 0 radical (unpaired) electrons. The summed E-state index contributed by atoms with van der Waals surface area (Å²) in [7, 11) is -0.948. The molecule has 0 amide bonds. The third-order valence-corrected chi connectivity index (χ3v) is 3.42. The van der Waals surface area contributed by atoms with Crippen LogP contribution in [0.1, 0.15) is 5.69 Å². The molecule has 0 atom stereocenters. The van der Waals surface area contributed by atoms with Gasteiger partial charge in [-0.25, -0.2) is 0 Å². The van der Waals surface area contributed by atoms with Gasteiger partial charge in [0.1, 0.15) is 5.69 Å². The fourth-order valence-electron chi connectivity index (χ4n) is 0.851. The van der Waals surface area contributed by atoms with Gasteiger partial charge in [0.2, 0.25) is 0 Å². The van der Waals surface area contributed by atoms with Crippen molar-refractivity contribution < 1.29 is 4.74 Å². The zero-order valence-corrected chi connectivity index (χ0v) is 9.50. The van der Waals surface area contributed by atoms with Crippen LogP contribution in [-0.2, 0) is 11.3 Å². The summed E-state index contributed by atoms with van der Waals surface area (Å²) in [6.07, 6.45) is 1.76. The summed E-state index contributed by atoms with van der Waals surface area (Å²) in [5.74, 6) is 0. The molecule has 1 heterocycles. The van der Waals surface area contributed by atoms with E-state index in [0.717, 1.165) is 12.3 Å².